The molecule has 194 valence electrons. The van der Waals surface area contributed by atoms with Crippen molar-refractivity contribution in [3.8, 4) is 0 Å². The second-order valence-corrected chi connectivity index (χ2v) is 9.82. The first-order chi connectivity index (χ1) is 17.0. The van der Waals surface area contributed by atoms with Crippen LogP contribution in [0.3, 0.4) is 0 Å². The van der Waals surface area contributed by atoms with Gasteiger partial charge in [-0.15, -0.1) is 0 Å². The van der Waals surface area contributed by atoms with Crippen LogP contribution in [-0.2, 0) is 31.4 Å². The normalized spacial score (nSPS) is 14.8. The maximum absolute atomic E-state index is 13.2. The van der Waals surface area contributed by atoms with Crippen LogP contribution in [0.1, 0.15) is 31.2 Å². The number of alkyl halides is 3. The average molecular weight is 528 g/mol. The molecule has 36 heavy (non-hydrogen) atoms. The highest BCUT2D eigenvalue weighted by Gasteiger charge is 2.32. The number of nitrogens with one attached hydrogen (secondary N) is 2. The maximum Gasteiger partial charge on any atom is 0.416 e. The van der Waals surface area contributed by atoms with Gasteiger partial charge in [0.2, 0.25) is 17.7 Å². The zero-order valence-corrected chi connectivity index (χ0v) is 20.0. The molecule has 2 aromatic carbocycles. The van der Waals surface area contributed by atoms with Gasteiger partial charge in [0.15, 0.2) is 0 Å². The van der Waals surface area contributed by atoms with Gasteiger partial charge in [-0.25, -0.2) is 4.39 Å². The molecule has 1 unspecified atom stereocenters. The lowest BCUT2D eigenvalue weighted by Crippen LogP contribution is -2.45. The molecule has 1 atom stereocenters. The molecule has 2 N–H and O–H groups in total. The first-order valence-electron chi connectivity index (χ1n) is 11.2. The number of amides is 3. The number of hydrogen-bond acceptors (Lipinski definition) is 4. The predicted molar refractivity (Wildman–Crippen MR) is 127 cm³/mol. The predicted octanol–water partition coefficient (Wildman–Crippen LogP) is 3.62. The summed E-state index contributed by atoms with van der Waals surface area (Å²) in [6.07, 6.45) is -1.23. The second-order valence-electron chi connectivity index (χ2n) is 8.36. The summed E-state index contributed by atoms with van der Waals surface area (Å²) in [5.41, 5.74) is -0.920. The molecule has 3 rings (SSSR count). The van der Waals surface area contributed by atoms with Crippen molar-refractivity contribution in [2.75, 3.05) is 28.3 Å². The van der Waals surface area contributed by atoms with E-state index in [1.165, 1.54) is 18.2 Å². The Hall–Kier alpha value is -3.28. The fourth-order valence-corrected chi connectivity index (χ4v) is 4.70. The first-order valence-corrected chi connectivity index (χ1v) is 12.7. The standard InChI is InChI=1S/C24H25F4N3O4S/c25-17-8-10-19(11-9-17)30-22(33)14-36(35)15-23(34)31(13-21(32)29-18-5-1-2-6-18)20-7-3-4-16(12-20)24(26,27)28/h3-4,7-12,18H,1-2,5-6,13-15H2,(H,29,32)(H,30,33). The van der Waals surface area contributed by atoms with E-state index in [9.17, 15) is 36.2 Å². The smallest absolute Gasteiger partial charge is 0.352 e. The summed E-state index contributed by atoms with van der Waals surface area (Å²) in [4.78, 5) is 38.5. The monoisotopic (exact) mass is 527 g/mol. The van der Waals surface area contributed by atoms with Crippen LogP contribution in [0.15, 0.2) is 48.5 Å². The van der Waals surface area contributed by atoms with E-state index in [1.807, 2.05) is 0 Å². The van der Waals surface area contributed by atoms with E-state index in [1.54, 1.807) is 0 Å². The van der Waals surface area contributed by atoms with Gasteiger partial charge in [0.25, 0.3) is 0 Å². The first kappa shape index (κ1) is 27.3. The lowest BCUT2D eigenvalue weighted by molar-refractivity contribution is -0.137. The lowest BCUT2D eigenvalue weighted by Gasteiger charge is -2.24. The van der Waals surface area contributed by atoms with Gasteiger partial charge in [0.05, 0.1) is 5.56 Å². The highest BCUT2D eigenvalue weighted by molar-refractivity contribution is 7.86. The Labute approximate surface area is 207 Å². The highest BCUT2D eigenvalue weighted by atomic mass is 32.2. The van der Waals surface area contributed by atoms with Crippen molar-refractivity contribution < 1.29 is 36.2 Å². The molecule has 1 saturated carbocycles. The van der Waals surface area contributed by atoms with Crippen LogP contribution >= 0.6 is 0 Å². The molecule has 0 bridgehead atoms. The van der Waals surface area contributed by atoms with E-state index in [4.69, 9.17) is 0 Å². The van der Waals surface area contributed by atoms with Crippen molar-refractivity contribution in [1.29, 1.82) is 0 Å². The lowest BCUT2D eigenvalue weighted by atomic mass is 10.1. The molecule has 2 aromatic rings. The number of hydrogen-bond donors (Lipinski definition) is 2. The van der Waals surface area contributed by atoms with E-state index in [-0.39, 0.29) is 17.4 Å². The highest BCUT2D eigenvalue weighted by Crippen LogP contribution is 2.31. The number of rotatable bonds is 9. The number of halogens is 4. The van der Waals surface area contributed by atoms with Crippen molar-refractivity contribution in [2.24, 2.45) is 0 Å². The molecule has 3 amide bonds. The number of benzene rings is 2. The zero-order chi connectivity index (χ0) is 26.3. The Morgan fingerprint density at radius 2 is 1.64 bits per heavy atom. The summed E-state index contributed by atoms with van der Waals surface area (Å²) < 4.78 is 65.2. The van der Waals surface area contributed by atoms with Crippen LogP contribution in [0.25, 0.3) is 0 Å². The van der Waals surface area contributed by atoms with Gasteiger partial charge in [-0.3, -0.25) is 18.6 Å². The minimum absolute atomic E-state index is 0.0692. The maximum atomic E-state index is 13.2. The van der Waals surface area contributed by atoms with E-state index in [0.717, 1.165) is 60.9 Å². The summed E-state index contributed by atoms with van der Waals surface area (Å²) in [6.45, 7) is -0.560. The average Bonchev–Trinajstić information content (AvgIpc) is 3.31. The largest absolute Gasteiger partial charge is 0.416 e. The van der Waals surface area contributed by atoms with Crippen molar-refractivity contribution >= 4 is 39.9 Å². The van der Waals surface area contributed by atoms with Crippen LogP contribution in [0.2, 0.25) is 0 Å². The summed E-state index contributed by atoms with van der Waals surface area (Å²) in [6, 6.07) is 8.73. The SMILES string of the molecule is O=C(CS(=O)CC(=O)N(CC(=O)NC1CCCC1)c1cccc(C(F)(F)F)c1)Nc1ccc(F)cc1. The van der Waals surface area contributed by atoms with E-state index >= 15 is 0 Å². The van der Waals surface area contributed by atoms with Crippen molar-refractivity contribution in [3.05, 3.63) is 59.9 Å². The molecular weight excluding hydrogens is 502 g/mol. The molecule has 0 saturated heterocycles. The van der Waals surface area contributed by atoms with E-state index in [0.29, 0.717) is 0 Å². The van der Waals surface area contributed by atoms with Crippen LogP contribution in [0, 0.1) is 5.82 Å². The van der Waals surface area contributed by atoms with Crippen LogP contribution in [0.4, 0.5) is 28.9 Å². The molecule has 12 heteroatoms. The quantitative estimate of drug-likeness (QED) is 0.487. The number of carbonyl (C=O) groups excluding carboxylic acids is 3. The fourth-order valence-electron chi connectivity index (χ4n) is 3.80. The Balaban J connectivity index is 1.69. The Bertz CT molecular complexity index is 1120. The van der Waals surface area contributed by atoms with Gasteiger partial charge in [0.1, 0.15) is 23.9 Å². The van der Waals surface area contributed by atoms with Gasteiger partial charge < -0.3 is 15.5 Å². The summed E-state index contributed by atoms with van der Waals surface area (Å²) in [5, 5.41) is 5.19. The number of nitrogens with zero attached hydrogens (tertiary/aromatic N) is 1. The number of anilines is 2. The minimum atomic E-state index is -4.67. The van der Waals surface area contributed by atoms with E-state index < -0.39 is 64.1 Å². The Morgan fingerprint density at radius 1 is 0.972 bits per heavy atom. The van der Waals surface area contributed by atoms with Crippen molar-refractivity contribution in [3.63, 3.8) is 0 Å². The molecule has 0 heterocycles. The van der Waals surface area contributed by atoms with Gasteiger partial charge >= 0.3 is 6.18 Å². The van der Waals surface area contributed by atoms with Crippen LogP contribution < -0.4 is 15.5 Å². The van der Waals surface area contributed by atoms with Gasteiger partial charge in [0, 0.05) is 28.2 Å². The van der Waals surface area contributed by atoms with Crippen LogP contribution in [0.5, 0.6) is 0 Å². The molecule has 7 nitrogen and oxygen atoms in total. The minimum Gasteiger partial charge on any atom is -0.352 e. The molecule has 1 fully saturated rings. The van der Waals surface area contributed by atoms with Crippen molar-refractivity contribution in [2.45, 2.75) is 37.9 Å². The third-order valence-electron chi connectivity index (χ3n) is 5.51. The fraction of sp³-hybridized carbons (Fsp3) is 0.375. The molecule has 1 aliphatic rings. The third-order valence-corrected chi connectivity index (χ3v) is 6.67. The molecule has 0 aliphatic heterocycles. The molecule has 0 spiro atoms. The van der Waals surface area contributed by atoms with Crippen LogP contribution in [-0.4, -0.2) is 46.0 Å². The third kappa shape index (κ3) is 8.14. The molecule has 0 aromatic heterocycles. The second kappa shape index (κ2) is 12.1. The van der Waals surface area contributed by atoms with Gasteiger partial charge in [-0.2, -0.15) is 13.2 Å². The molecule has 1 aliphatic carbocycles. The molecular formula is C24H25F4N3O4S. The summed E-state index contributed by atoms with van der Waals surface area (Å²) in [7, 11) is -2.03. The zero-order valence-electron chi connectivity index (χ0n) is 19.1. The Morgan fingerprint density at radius 3 is 2.28 bits per heavy atom. The number of carbonyl (C=O) groups is 3. The summed E-state index contributed by atoms with van der Waals surface area (Å²) >= 11 is 0. The topological polar surface area (TPSA) is 95.6 Å². The molecule has 0 radical (unpaired) electrons. The van der Waals surface area contributed by atoms with Crippen molar-refractivity contribution in [1.82, 2.24) is 5.32 Å². The van der Waals surface area contributed by atoms with E-state index in [2.05, 4.69) is 10.6 Å². The Kier molecular flexibility index (Phi) is 9.19. The summed E-state index contributed by atoms with van der Waals surface area (Å²) in [5.74, 6) is -3.89. The van der Waals surface area contributed by atoms with Gasteiger partial charge in [-0.05, 0) is 55.3 Å². The van der Waals surface area contributed by atoms with Gasteiger partial charge in [-0.1, -0.05) is 18.9 Å².